The minimum atomic E-state index is -5.01. The lowest BCUT2D eigenvalue weighted by Gasteiger charge is -2.21. The molecule has 0 aromatic heterocycles. The van der Waals surface area contributed by atoms with Crippen LogP contribution >= 0.6 is 0 Å². The third kappa shape index (κ3) is 9.45. The fourth-order valence-corrected chi connectivity index (χ4v) is 9.00. The van der Waals surface area contributed by atoms with E-state index in [9.17, 15) is 35.5 Å². The van der Waals surface area contributed by atoms with E-state index in [0.29, 0.717) is 45.0 Å². The first-order chi connectivity index (χ1) is 28.9. The largest absolute Gasteiger partial charge is 0.456 e. The van der Waals surface area contributed by atoms with Gasteiger partial charge in [-0.25, -0.2) is 14.6 Å². The highest BCUT2D eigenvalue weighted by molar-refractivity contribution is 7.86. The Morgan fingerprint density at radius 2 is 1.18 bits per heavy atom. The molecule has 0 atom stereocenters. The zero-order valence-corrected chi connectivity index (χ0v) is 37.7. The Morgan fingerprint density at radius 1 is 0.629 bits per heavy atom. The Morgan fingerprint density at radius 3 is 1.76 bits per heavy atom. The van der Waals surface area contributed by atoms with Crippen molar-refractivity contribution in [1.82, 2.24) is 10.6 Å². The van der Waals surface area contributed by atoms with E-state index in [0.717, 1.165) is 28.3 Å². The third-order valence-electron chi connectivity index (χ3n) is 10.2. The zero-order valence-electron chi connectivity index (χ0n) is 36.0. The molecule has 4 aromatic carbocycles. The summed E-state index contributed by atoms with van der Waals surface area (Å²) in [7, 11) is -9.82. The first-order valence-electron chi connectivity index (χ1n) is 19.7. The number of hydrogen-bond donors (Lipinski definition) is 7. The van der Waals surface area contributed by atoms with Crippen LogP contribution in [0.5, 0.6) is 0 Å². The standard InChI is InChI=1S/C45H50N6O9S2/c1-22(2)46-44(52)50-42-26(7)17-24(5)40(28(42)9)48-30-15-16-31-35(19-30)60-36-21-34(49-41-25(6)18-27(8)43(29(41)10)51-45(53)47-23(3)4)38(62(57,58)59)20-33(36)39(31)32-13-11-12-14-37(32)61(54,55)56/h11-23,48H,1-10H3,(H2,46,50,52)(H2,47,51,53)(H,54,55,56)(H,57,58,59)/b49-34-. The third-order valence-corrected chi connectivity index (χ3v) is 12.0. The molecule has 0 saturated heterocycles. The topological polar surface area (TPSA) is 229 Å². The van der Waals surface area contributed by atoms with Gasteiger partial charge >= 0.3 is 12.1 Å². The average molecular weight is 883 g/mol. The van der Waals surface area contributed by atoms with Crippen molar-refractivity contribution in [3.8, 4) is 22.5 Å². The van der Waals surface area contributed by atoms with Crippen LogP contribution in [0.2, 0.25) is 0 Å². The summed E-state index contributed by atoms with van der Waals surface area (Å²) in [6.07, 6.45) is 0. The van der Waals surface area contributed by atoms with Crippen LogP contribution < -0.4 is 31.9 Å². The van der Waals surface area contributed by atoms with Gasteiger partial charge in [-0.05, 0) is 127 Å². The molecule has 4 aromatic rings. The van der Waals surface area contributed by atoms with Gasteiger partial charge in [-0.1, -0.05) is 30.3 Å². The first-order valence-corrected chi connectivity index (χ1v) is 22.6. The number of hydrogen-bond acceptors (Lipinski definition) is 9. The molecule has 0 saturated carbocycles. The number of carbonyl (C=O) groups excluding carboxylic acids is 2. The quantitative estimate of drug-likeness (QED) is 0.0509. The van der Waals surface area contributed by atoms with Gasteiger partial charge < -0.3 is 31.0 Å². The van der Waals surface area contributed by atoms with Gasteiger partial charge in [0.25, 0.3) is 20.2 Å². The smallest absolute Gasteiger partial charge is 0.319 e. The fourth-order valence-electron chi connectivity index (χ4n) is 7.66. The van der Waals surface area contributed by atoms with E-state index in [1.165, 1.54) is 24.3 Å². The summed E-state index contributed by atoms with van der Waals surface area (Å²) in [5.41, 5.74) is 7.64. The van der Waals surface area contributed by atoms with Crippen LogP contribution in [-0.2, 0) is 20.2 Å². The molecule has 0 unspecified atom stereocenters. The maximum atomic E-state index is 13.2. The van der Waals surface area contributed by atoms with Crippen LogP contribution in [-0.4, -0.2) is 50.1 Å². The van der Waals surface area contributed by atoms with E-state index in [4.69, 9.17) is 9.41 Å². The van der Waals surface area contributed by atoms with Gasteiger partial charge in [0.1, 0.15) is 21.1 Å². The van der Waals surface area contributed by atoms with Crippen LogP contribution in [0.4, 0.5) is 38.0 Å². The van der Waals surface area contributed by atoms with E-state index in [2.05, 4.69) is 26.6 Å². The molecule has 15 nitrogen and oxygen atoms in total. The molecular formula is C45H50N6O9S2. The molecule has 1 aliphatic heterocycles. The summed E-state index contributed by atoms with van der Waals surface area (Å²) in [5.74, 6) is 0.0587. The van der Waals surface area contributed by atoms with Crippen LogP contribution in [0.1, 0.15) is 61.1 Å². The highest BCUT2D eigenvalue weighted by Crippen LogP contribution is 2.44. The number of carbonyl (C=O) groups is 2. The lowest BCUT2D eigenvalue weighted by Crippen LogP contribution is -2.34. The molecule has 62 heavy (non-hydrogen) atoms. The summed E-state index contributed by atoms with van der Waals surface area (Å²) in [5, 5.41) is 15.0. The highest BCUT2D eigenvalue weighted by Gasteiger charge is 2.27. The van der Waals surface area contributed by atoms with Gasteiger partial charge in [0.05, 0.1) is 22.4 Å². The second-order valence-corrected chi connectivity index (χ2v) is 18.7. The number of aryl methyl sites for hydroxylation is 4. The van der Waals surface area contributed by atoms with Crippen LogP contribution in [0, 0.1) is 41.5 Å². The number of anilines is 4. The molecular weight excluding hydrogens is 833 g/mol. The van der Waals surface area contributed by atoms with Crippen molar-refractivity contribution in [3.63, 3.8) is 0 Å². The van der Waals surface area contributed by atoms with Crippen molar-refractivity contribution in [2.75, 3.05) is 16.0 Å². The Labute approximate surface area is 360 Å². The van der Waals surface area contributed by atoms with Crippen molar-refractivity contribution in [1.29, 1.82) is 0 Å². The van der Waals surface area contributed by atoms with Crippen LogP contribution in [0.15, 0.2) is 85.9 Å². The summed E-state index contributed by atoms with van der Waals surface area (Å²) in [6, 6.07) is 16.0. The summed E-state index contributed by atoms with van der Waals surface area (Å²) >= 11 is 0. The number of benzene rings is 5. The molecule has 6 rings (SSSR count). The van der Waals surface area contributed by atoms with E-state index in [-0.39, 0.29) is 51.5 Å². The molecule has 0 bridgehead atoms. The normalized spacial score (nSPS) is 12.3. The van der Waals surface area contributed by atoms with Crippen LogP contribution in [0.25, 0.3) is 33.4 Å². The molecule has 1 heterocycles. The van der Waals surface area contributed by atoms with Gasteiger partial charge in [-0.2, -0.15) is 16.8 Å². The van der Waals surface area contributed by atoms with Crippen LogP contribution in [0.3, 0.4) is 0 Å². The summed E-state index contributed by atoms with van der Waals surface area (Å²) in [6.45, 7) is 18.4. The van der Waals surface area contributed by atoms with E-state index >= 15 is 0 Å². The average Bonchev–Trinajstić information content (AvgIpc) is 3.15. The SMILES string of the molecule is Cc1cc(C)c(NC(=O)NC(C)C)c(C)c1/N=c1/cc2oc3cc(Nc4c(C)cc(C)c(NC(=O)NC(C)C)c4C)ccc3c(-c3ccccc3S(=O)(=O)O)c-2cc1S(=O)(=O)O. The fraction of sp³-hybridized carbons (Fsp3) is 0.267. The summed E-state index contributed by atoms with van der Waals surface area (Å²) in [4.78, 5) is 29.2. The lowest BCUT2D eigenvalue weighted by atomic mass is 9.93. The number of urea groups is 2. The predicted octanol–water partition coefficient (Wildman–Crippen LogP) is 9.58. The summed E-state index contributed by atoms with van der Waals surface area (Å²) < 4.78 is 79.7. The van der Waals surface area contributed by atoms with Gasteiger partial charge in [0.2, 0.25) is 0 Å². The number of nitrogens with one attached hydrogen (secondary N) is 5. The lowest BCUT2D eigenvalue weighted by molar-refractivity contribution is 0.249. The monoisotopic (exact) mass is 882 g/mol. The first kappa shape index (κ1) is 45.3. The Bertz CT molecular complexity index is 3070. The van der Waals surface area contributed by atoms with E-state index < -0.39 is 36.1 Å². The molecule has 7 N–H and O–H groups in total. The Kier molecular flexibility index (Phi) is 12.6. The number of amides is 4. The predicted molar refractivity (Wildman–Crippen MR) is 242 cm³/mol. The number of nitrogens with zero attached hydrogens (tertiary/aromatic N) is 1. The molecule has 0 spiro atoms. The van der Waals surface area contributed by atoms with Gasteiger partial charge in [-0.15, -0.1) is 0 Å². The highest BCUT2D eigenvalue weighted by atomic mass is 32.2. The molecule has 1 aliphatic carbocycles. The second-order valence-electron chi connectivity index (χ2n) is 15.9. The Hall–Kier alpha value is -6.27. The molecule has 17 heteroatoms. The Balaban J connectivity index is 1.64. The number of rotatable bonds is 10. The van der Waals surface area contributed by atoms with E-state index in [1.54, 1.807) is 44.2 Å². The minimum absolute atomic E-state index is 0.0358. The molecule has 326 valence electrons. The minimum Gasteiger partial charge on any atom is -0.456 e. The van der Waals surface area contributed by atoms with Gasteiger partial charge in [0.15, 0.2) is 0 Å². The van der Waals surface area contributed by atoms with Crippen molar-refractivity contribution in [2.24, 2.45) is 4.99 Å². The zero-order chi connectivity index (χ0) is 45.6. The second kappa shape index (κ2) is 17.2. The van der Waals surface area contributed by atoms with Gasteiger partial charge in [0, 0.05) is 57.7 Å². The number of fused-ring (bicyclic) bond motifs is 2. The van der Waals surface area contributed by atoms with E-state index in [1.807, 2.05) is 61.5 Å². The van der Waals surface area contributed by atoms with Crippen molar-refractivity contribution in [2.45, 2.75) is 91.1 Å². The molecule has 2 aliphatic rings. The van der Waals surface area contributed by atoms with Gasteiger partial charge in [-0.3, -0.25) is 9.11 Å². The van der Waals surface area contributed by atoms with Crippen molar-refractivity contribution < 1.29 is 39.9 Å². The van der Waals surface area contributed by atoms with Crippen molar-refractivity contribution in [3.05, 3.63) is 105 Å². The molecule has 4 amide bonds. The maximum Gasteiger partial charge on any atom is 0.319 e. The van der Waals surface area contributed by atoms with Crippen molar-refractivity contribution >= 4 is 71.7 Å². The molecule has 0 radical (unpaired) electrons. The molecule has 0 fully saturated rings. The maximum absolute atomic E-state index is 13.2.